The number of sulfonamides is 1. The molecule has 0 amide bonds. The summed E-state index contributed by atoms with van der Waals surface area (Å²) in [4.78, 5) is 0. The van der Waals surface area contributed by atoms with Crippen molar-refractivity contribution in [3.05, 3.63) is 29.8 Å². The topological polar surface area (TPSA) is 72.2 Å². The van der Waals surface area contributed by atoms with Gasteiger partial charge in [0.2, 0.25) is 10.0 Å². The molecule has 3 N–H and O–H groups in total. The SMILES string of the molecule is CC(C)NS(=O)(=O)Cc1cccc(N)c1. The number of hydrogen-bond donors (Lipinski definition) is 2. The molecule has 0 atom stereocenters. The number of nitrogens with two attached hydrogens (primary N) is 1. The van der Waals surface area contributed by atoms with Gasteiger partial charge in [0, 0.05) is 11.7 Å². The second kappa shape index (κ2) is 4.63. The maximum absolute atomic E-state index is 11.6. The fourth-order valence-electron chi connectivity index (χ4n) is 1.30. The third-order valence-corrected chi connectivity index (χ3v) is 3.27. The molecule has 0 fully saturated rings. The number of nitrogens with one attached hydrogen (secondary N) is 1. The minimum atomic E-state index is -3.26. The fraction of sp³-hybridized carbons (Fsp3) is 0.400. The molecule has 0 saturated heterocycles. The first-order valence-electron chi connectivity index (χ1n) is 4.73. The monoisotopic (exact) mass is 228 g/mol. The molecule has 0 heterocycles. The van der Waals surface area contributed by atoms with Crippen LogP contribution in [0.3, 0.4) is 0 Å². The highest BCUT2D eigenvalue weighted by Gasteiger charge is 2.12. The smallest absolute Gasteiger partial charge is 0.216 e. The minimum Gasteiger partial charge on any atom is -0.399 e. The van der Waals surface area contributed by atoms with E-state index in [4.69, 9.17) is 5.73 Å². The molecule has 5 heteroatoms. The molecular weight excluding hydrogens is 212 g/mol. The standard InChI is InChI=1S/C10H16N2O2S/c1-8(2)12-15(13,14)7-9-4-3-5-10(11)6-9/h3-6,8,12H,7,11H2,1-2H3. The zero-order valence-corrected chi connectivity index (χ0v) is 9.71. The summed E-state index contributed by atoms with van der Waals surface area (Å²) in [6, 6.07) is 6.80. The number of nitrogen functional groups attached to an aromatic ring is 1. The van der Waals surface area contributed by atoms with Crippen molar-refractivity contribution in [3.8, 4) is 0 Å². The van der Waals surface area contributed by atoms with E-state index < -0.39 is 10.0 Å². The van der Waals surface area contributed by atoms with E-state index in [0.717, 1.165) is 0 Å². The summed E-state index contributed by atoms with van der Waals surface area (Å²) in [5.74, 6) is -0.0315. The van der Waals surface area contributed by atoms with Gasteiger partial charge in [-0.05, 0) is 31.5 Å². The van der Waals surface area contributed by atoms with E-state index in [9.17, 15) is 8.42 Å². The predicted octanol–water partition coefficient (Wildman–Crippen LogP) is 1.10. The van der Waals surface area contributed by atoms with Gasteiger partial charge in [0.25, 0.3) is 0 Å². The van der Waals surface area contributed by atoms with Crippen molar-refractivity contribution in [2.24, 2.45) is 0 Å². The molecule has 1 aromatic carbocycles. The van der Waals surface area contributed by atoms with E-state index >= 15 is 0 Å². The van der Waals surface area contributed by atoms with Gasteiger partial charge in [0.05, 0.1) is 5.75 Å². The highest BCUT2D eigenvalue weighted by molar-refractivity contribution is 7.88. The molecule has 0 radical (unpaired) electrons. The number of hydrogen-bond acceptors (Lipinski definition) is 3. The molecule has 15 heavy (non-hydrogen) atoms. The van der Waals surface area contributed by atoms with Crippen LogP contribution in [0.25, 0.3) is 0 Å². The summed E-state index contributed by atoms with van der Waals surface area (Å²) in [6.45, 7) is 3.58. The van der Waals surface area contributed by atoms with E-state index in [0.29, 0.717) is 11.3 Å². The molecule has 0 aliphatic heterocycles. The Morgan fingerprint density at radius 1 is 1.40 bits per heavy atom. The van der Waals surface area contributed by atoms with Gasteiger partial charge in [-0.2, -0.15) is 0 Å². The largest absolute Gasteiger partial charge is 0.399 e. The average molecular weight is 228 g/mol. The summed E-state index contributed by atoms with van der Waals surface area (Å²) in [5, 5.41) is 0. The molecule has 0 aromatic heterocycles. The van der Waals surface area contributed by atoms with Crippen molar-refractivity contribution in [2.45, 2.75) is 25.6 Å². The Morgan fingerprint density at radius 2 is 2.07 bits per heavy atom. The highest BCUT2D eigenvalue weighted by Crippen LogP contribution is 2.09. The van der Waals surface area contributed by atoms with Crippen LogP contribution in [0.2, 0.25) is 0 Å². The molecule has 1 aromatic rings. The number of anilines is 1. The zero-order valence-electron chi connectivity index (χ0n) is 8.90. The second-order valence-corrected chi connectivity index (χ2v) is 5.53. The Bertz CT molecular complexity index is 427. The second-order valence-electron chi connectivity index (χ2n) is 3.78. The van der Waals surface area contributed by atoms with Crippen LogP contribution in [0.5, 0.6) is 0 Å². The number of rotatable bonds is 4. The third-order valence-electron chi connectivity index (χ3n) is 1.72. The summed E-state index contributed by atoms with van der Waals surface area (Å²) in [7, 11) is -3.26. The van der Waals surface area contributed by atoms with Crippen molar-refractivity contribution in [1.82, 2.24) is 4.72 Å². The first kappa shape index (κ1) is 12.0. The Labute approximate surface area is 90.5 Å². The summed E-state index contributed by atoms with van der Waals surface area (Å²) >= 11 is 0. The van der Waals surface area contributed by atoms with Crippen LogP contribution in [0.15, 0.2) is 24.3 Å². The lowest BCUT2D eigenvalue weighted by molar-refractivity contribution is 0.569. The summed E-state index contributed by atoms with van der Waals surface area (Å²) in [5.41, 5.74) is 6.84. The Morgan fingerprint density at radius 3 is 2.60 bits per heavy atom. The molecule has 0 bridgehead atoms. The van der Waals surface area contributed by atoms with Gasteiger partial charge in [-0.15, -0.1) is 0 Å². The molecule has 1 rings (SSSR count). The van der Waals surface area contributed by atoms with Crippen LogP contribution in [0.4, 0.5) is 5.69 Å². The van der Waals surface area contributed by atoms with Crippen molar-refractivity contribution >= 4 is 15.7 Å². The molecule has 84 valence electrons. The third kappa shape index (κ3) is 4.31. The Balaban J connectivity index is 2.78. The summed E-state index contributed by atoms with van der Waals surface area (Å²) in [6.07, 6.45) is 0. The van der Waals surface area contributed by atoms with Gasteiger partial charge >= 0.3 is 0 Å². The molecule has 4 nitrogen and oxygen atoms in total. The fourth-order valence-corrected chi connectivity index (χ4v) is 2.72. The first-order valence-corrected chi connectivity index (χ1v) is 6.39. The van der Waals surface area contributed by atoms with E-state index in [1.807, 2.05) is 0 Å². The van der Waals surface area contributed by atoms with Gasteiger partial charge in [-0.1, -0.05) is 12.1 Å². The van der Waals surface area contributed by atoms with E-state index in [2.05, 4.69) is 4.72 Å². The van der Waals surface area contributed by atoms with Gasteiger partial charge in [0.15, 0.2) is 0 Å². The molecular formula is C10H16N2O2S. The maximum Gasteiger partial charge on any atom is 0.216 e. The van der Waals surface area contributed by atoms with Gasteiger partial charge in [-0.3, -0.25) is 0 Å². The summed E-state index contributed by atoms with van der Waals surface area (Å²) < 4.78 is 25.7. The van der Waals surface area contributed by atoms with Crippen molar-refractivity contribution in [1.29, 1.82) is 0 Å². The number of benzene rings is 1. The van der Waals surface area contributed by atoms with Crippen molar-refractivity contribution < 1.29 is 8.42 Å². The lowest BCUT2D eigenvalue weighted by Crippen LogP contribution is -2.31. The van der Waals surface area contributed by atoms with E-state index in [-0.39, 0.29) is 11.8 Å². The maximum atomic E-state index is 11.6. The van der Waals surface area contributed by atoms with Crippen LogP contribution >= 0.6 is 0 Å². The Kier molecular flexibility index (Phi) is 3.71. The van der Waals surface area contributed by atoms with Crippen LogP contribution < -0.4 is 10.5 Å². The molecule has 0 spiro atoms. The zero-order chi connectivity index (χ0) is 11.5. The average Bonchev–Trinajstić information content (AvgIpc) is 1.99. The normalized spacial score (nSPS) is 11.9. The van der Waals surface area contributed by atoms with Crippen molar-refractivity contribution in [3.63, 3.8) is 0 Å². The minimum absolute atomic E-state index is 0.0315. The quantitative estimate of drug-likeness (QED) is 0.758. The van der Waals surface area contributed by atoms with Crippen LogP contribution in [0.1, 0.15) is 19.4 Å². The lowest BCUT2D eigenvalue weighted by atomic mass is 10.2. The first-order chi connectivity index (χ1) is 6.89. The Hall–Kier alpha value is -1.07. The van der Waals surface area contributed by atoms with Crippen LogP contribution in [-0.2, 0) is 15.8 Å². The van der Waals surface area contributed by atoms with Crippen molar-refractivity contribution in [2.75, 3.05) is 5.73 Å². The molecule has 0 aliphatic carbocycles. The van der Waals surface area contributed by atoms with Gasteiger partial charge < -0.3 is 5.73 Å². The van der Waals surface area contributed by atoms with Crippen LogP contribution in [0, 0.1) is 0 Å². The molecule has 0 unspecified atom stereocenters. The van der Waals surface area contributed by atoms with Gasteiger partial charge in [-0.25, -0.2) is 13.1 Å². The molecule has 0 aliphatic rings. The van der Waals surface area contributed by atoms with Gasteiger partial charge in [0.1, 0.15) is 0 Å². The van der Waals surface area contributed by atoms with Crippen LogP contribution in [-0.4, -0.2) is 14.5 Å². The molecule has 0 saturated carbocycles. The van der Waals surface area contributed by atoms with E-state index in [1.165, 1.54) is 0 Å². The predicted molar refractivity (Wildman–Crippen MR) is 61.7 cm³/mol. The van der Waals surface area contributed by atoms with E-state index in [1.54, 1.807) is 38.1 Å². The highest BCUT2D eigenvalue weighted by atomic mass is 32.2. The lowest BCUT2D eigenvalue weighted by Gasteiger charge is -2.09.